The molecule has 0 unspecified atom stereocenters. The van der Waals surface area contributed by atoms with Gasteiger partial charge in [0, 0.05) is 12.6 Å². The fourth-order valence-electron chi connectivity index (χ4n) is 1.94. The Balaban J connectivity index is 2.45. The molecule has 0 saturated carbocycles. The second-order valence-corrected chi connectivity index (χ2v) is 6.14. The quantitative estimate of drug-likeness (QED) is 0.525. The van der Waals surface area contributed by atoms with Crippen LogP contribution in [0.5, 0.6) is 11.5 Å². The standard InChI is InChI=1S/C15H15NO3S2/c1-4-5-10-6-9(7-11(19-3)13(10)17)8-12-14(18)16(2)15(20)21-12/h4,6-8,17H,1,5H2,2-3H3/b12-8-. The zero-order valence-corrected chi connectivity index (χ0v) is 13.4. The summed E-state index contributed by atoms with van der Waals surface area (Å²) in [6.45, 7) is 3.67. The van der Waals surface area contributed by atoms with Crippen LogP contribution in [-0.4, -0.2) is 34.4 Å². The highest BCUT2D eigenvalue weighted by molar-refractivity contribution is 8.26. The summed E-state index contributed by atoms with van der Waals surface area (Å²) < 4.78 is 5.70. The molecule has 21 heavy (non-hydrogen) atoms. The largest absolute Gasteiger partial charge is 0.504 e. The minimum Gasteiger partial charge on any atom is -0.504 e. The second-order valence-electron chi connectivity index (χ2n) is 4.46. The van der Waals surface area contributed by atoms with E-state index in [1.165, 1.54) is 23.8 Å². The van der Waals surface area contributed by atoms with Crippen molar-refractivity contribution in [3.63, 3.8) is 0 Å². The highest BCUT2D eigenvalue weighted by atomic mass is 32.2. The predicted molar refractivity (Wildman–Crippen MR) is 89.5 cm³/mol. The van der Waals surface area contributed by atoms with Crippen molar-refractivity contribution >= 4 is 40.3 Å². The number of rotatable bonds is 4. The van der Waals surface area contributed by atoms with Crippen molar-refractivity contribution in [1.82, 2.24) is 4.90 Å². The molecule has 4 nitrogen and oxygen atoms in total. The van der Waals surface area contributed by atoms with Crippen molar-refractivity contribution in [2.45, 2.75) is 6.42 Å². The van der Waals surface area contributed by atoms with E-state index in [4.69, 9.17) is 17.0 Å². The van der Waals surface area contributed by atoms with E-state index >= 15 is 0 Å². The average molecular weight is 321 g/mol. The first-order valence-electron chi connectivity index (χ1n) is 6.20. The van der Waals surface area contributed by atoms with Crippen molar-refractivity contribution in [2.75, 3.05) is 14.2 Å². The van der Waals surface area contributed by atoms with Crippen LogP contribution in [0.3, 0.4) is 0 Å². The normalized spacial score (nSPS) is 16.7. The van der Waals surface area contributed by atoms with Crippen LogP contribution in [0, 0.1) is 0 Å². The van der Waals surface area contributed by atoms with Gasteiger partial charge in [-0.1, -0.05) is 30.1 Å². The van der Waals surface area contributed by atoms with Crippen LogP contribution in [0.25, 0.3) is 6.08 Å². The van der Waals surface area contributed by atoms with Crippen LogP contribution in [-0.2, 0) is 11.2 Å². The minimum absolute atomic E-state index is 0.0950. The summed E-state index contributed by atoms with van der Waals surface area (Å²) in [5.74, 6) is 0.340. The van der Waals surface area contributed by atoms with E-state index < -0.39 is 0 Å². The summed E-state index contributed by atoms with van der Waals surface area (Å²) in [6, 6.07) is 3.49. The molecule has 6 heteroatoms. The third kappa shape index (κ3) is 3.11. The maximum absolute atomic E-state index is 12.0. The first-order chi connectivity index (χ1) is 9.97. The topological polar surface area (TPSA) is 49.8 Å². The number of thioether (sulfide) groups is 1. The number of hydrogen-bond donors (Lipinski definition) is 1. The van der Waals surface area contributed by atoms with Crippen molar-refractivity contribution in [2.24, 2.45) is 0 Å². The van der Waals surface area contributed by atoms with Crippen LogP contribution < -0.4 is 4.74 Å². The molecule has 1 saturated heterocycles. The highest BCUT2D eigenvalue weighted by Crippen LogP contribution is 2.35. The van der Waals surface area contributed by atoms with E-state index in [9.17, 15) is 9.90 Å². The lowest BCUT2D eigenvalue weighted by Gasteiger charge is -2.09. The van der Waals surface area contributed by atoms with Crippen LogP contribution in [0.4, 0.5) is 0 Å². The number of phenols is 1. The minimum atomic E-state index is -0.123. The lowest BCUT2D eigenvalue weighted by atomic mass is 10.1. The molecule has 0 radical (unpaired) electrons. The van der Waals surface area contributed by atoms with E-state index in [1.807, 2.05) is 6.07 Å². The van der Waals surface area contributed by atoms with Crippen molar-refractivity contribution in [3.05, 3.63) is 40.8 Å². The number of nitrogens with zero attached hydrogens (tertiary/aromatic N) is 1. The number of allylic oxidation sites excluding steroid dienone is 1. The third-order valence-corrected chi connectivity index (χ3v) is 4.53. The molecule has 0 spiro atoms. The number of phenolic OH excluding ortho intramolecular Hbond substituents is 1. The van der Waals surface area contributed by atoms with Crippen molar-refractivity contribution < 1.29 is 14.6 Å². The smallest absolute Gasteiger partial charge is 0.265 e. The lowest BCUT2D eigenvalue weighted by Crippen LogP contribution is -2.22. The zero-order chi connectivity index (χ0) is 15.6. The number of carbonyl (C=O) groups excluding carboxylic acids is 1. The second kappa shape index (κ2) is 6.32. The monoisotopic (exact) mass is 321 g/mol. The SMILES string of the molecule is C=CCc1cc(/C=C2\SC(=S)N(C)C2=O)cc(OC)c1O. The third-order valence-electron chi connectivity index (χ3n) is 3.04. The van der Waals surface area contributed by atoms with Crippen LogP contribution in [0.15, 0.2) is 29.7 Å². The Morgan fingerprint density at radius 1 is 1.52 bits per heavy atom. The van der Waals surface area contributed by atoms with Gasteiger partial charge in [0.15, 0.2) is 11.5 Å². The first-order valence-corrected chi connectivity index (χ1v) is 7.42. The Kier molecular flexibility index (Phi) is 4.69. The van der Waals surface area contributed by atoms with Crippen molar-refractivity contribution in [1.29, 1.82) is 0 Å². The molecule has 0 atom stereocenters. The summed E-state index contributed by atoms with van der Waals surface area (Å²) in [5.41, 5.74) is 1.47. The fraction of sp³-hybridized carbons (Fsp3) is 0.200. The first kappa shape index (κ1) is 15.6. The highest BCUT2D eigenvalue weighted by Gasteiger charge is 2.28. The molecule has 1 fully saturated rings. The number of carbonyl (C=O) groups is 1. The van der Waals surface area contributed by atoms with Gasteiger partial charge in [-0.25, -0.2) is 0 Å². The maximum atomic E-state index is 12.0. The summed E-state index contributed by atoms with van der Waals surface area (Å²) in [6.07, 6.45) is 3.96. The van der Waals surface area contributed by atoms with Crippen molar-refractivity contribution in [3.8, 4) is 11.5 Å². The number of hydrogen-bond acceptors (Lipinski definition) is 5. The van der Waals surface area contributed by atoms with E-state index in [0.29, 0.717) is 27.0 Å². The molecule has 1 N–H and O–H groups in total. The van der Waals surface area contributed by atoms with Gasteiger partial charge in [-0.3, -0.25) is 9.69 Å². The Morgan fingerprint density at radius 3 is 2.76 bits per heavy atom. The number of aromatic hydroxyl groups is 1. The Morgan fingerprint density at radius 2 is 2.24 bits per heavy atom. The number of likely N-dealkylation sites (N-methyl/N-ethyl adjacent to an activating group) is 1. The molecule has 1 amide bonds. The number of ether oxygens (including phenoxy) is 1. The Labute approximate surface area is 133 Å². The summed E-state index contributed by atoms with van der Waals surface area (Å²) in [4.78, 5) is 14.0. The molecule has 1 aromatic carbocycles. The average Bonchev–Trinajstić information content (AvgIpc) is 2.70. The molecule has 0 aromatic heterocycles. The summed E-state index contributed by atoms with van der Waals surface area (Å²) in [5, 5.41) is 10.0. The molecule has 0 bridgehead atoms. The van der Waals surface area contributed by atoms with Gasteiger partial charge in [-0.05, 0) is 30.2 Å². The number of benzene rings is 1. The fourth-order valence-corrected chi connectivity index (χ4v) is 3.12. The number of thiocarbonyl (C=S) groups is 1. The van der Waals surface area contributed by atoms with E-state index in [-0.39, 0.29) is 11.7 Å². The van der Waals surface area contributed by atoms with Gasteiger partial charge in [0.25, 0.3) is 5.91 Å². The van der Waals surface area contributed by atoms with Gasteiger partial charge >= 0.3 is 0 Å². The van der Waals surface area contributed by atoms with Gasteiger partial charge < -0.3 is 9.84 Å². The maximum Gasteiger partial charge on any atom is 0.265 e. The number of amides is 1. The summed E-state index contributed by atoms with van der Waals surface area (Å²) >= 11 is 6.36. The molecule has 0 aliphatic carbocycles. The molecule has 1 heterocycles. The lowest BCUT2D eigenvalue weighted by molar-refractivity contribution is -0.121. The van der Waals surface area contributed by atoms with Gasteiger partial charge in [0.05, 0.1) is 12.0 Å². The van der Waals surface area contributed by atoms with Gasteiger partial charge in [-0.2, -0.15) is 0 Å². The number of methoxy groups -OCH3 is 1. The van der Waals surface area contributed by atoms with Crippen LogP contribution in [0.1, 0.15) is 11.1 Å². The molecule has 1 aliphatic rings. The molecular weight excluding hydrogens is 306 g/mol. The van der Waals surface area contributed by atoms with E-state index in [2.05, 4.69) is 6.58 Å². The van der Waals surface area contributed by atoms with Crippen LogP contribution >= 0.6 is 24.0 Å². The predicted octanol–water partition coefficient (Wildman–Crippen LogP) is 2.96. The Bertz CT molecular complexity index is 653. The van der Waals surface area contributed by atoms with Gasteiger partial charge in [-0.15, -0.1) is 6.58 Å². The molecule has 1 aromatic rings. The molecule has 2 rings (SSSR count). The van der Waals surface area contributed by atoms with E-state index in [0.717, 1.165) is 5.56 Å². The zero-order valence-electron chi connectivity index (χ0n) is 11.8. The van der Waals surface area contributed by atoms with Gasteiger partial charge in [0.1, 0.15) is 4.32 Å². The summed E-state index contributed by atoms with van der Waals surface area (Å²) in [7, 11) is 3.14. The van der Waals surface area contributed by atoms with Crippen LogP contribution in [0.2, 0.25) is 0 Å². The molecule has 110 valence electrons. The van der Waals surface area contributed by atoms with Gasteiger partial charge in [0.2, 0.25) is 0 Å². The Hall–Kier alpha value is -1.79. The molecular formula is C15H15NO3S2. The van der Waals surface area contributed by atoms with E-state index in [1.54, 1.807) is 25.3 Å². The molecule has 1 aliphatic heterocycles.